The number of benzene rings is 3. The van der Waals surface area contributed by atoms with Crippen molar-refractivity contribution in [1.29, 1.82) is 0 Å². The van der Waals surface area contributed by atoms with Crippen LogP contribution in [0.4, 0.5) is 0 Å². The van der Waals surface area contributed by atoms with Crippen LogP contribution < -0.4 is 5.32 Å². The fourth-order valence-corrected chi connectivity index (χ4v) is 6.89. The number of carboxylic acid groups (broad SMARTS) is 1. The molecule has 4 N–H and O–H groups in total. The first-order valence-corrected chi connectivity index (χ1v) is 20.6. The molecule has 0 amide bonds. The zero-order valence-electron chi connectivity index (χ0n) is 37.4. The third-order valence-electron chi connectivity index (χ3n) is 10.5. The predicted molar refractivity (Wildman–Crippen MR) is 236 cm³/mol. The van der Waals surface area contributed by atoms with Gasteiger partial charge in [-0.25, -0.2) is 0 Å². The Labute approximate surface area is 355 Å². The second-order valence-corrected chi connectivity index (χ2v) is 20.3. The Hall–Kier alpha value is -3.46. The number of hydrogen-bond acceptors (Lipinski definition) is 6. The van der Waals surface area contributed by atoms with Gasteiger partial charge in [0.25, 0.3) is 0 Å². The summed E-state index contributed by atoms with van der Waals surface area (Å²) in [5, 5.41) is 34.6. The maximum atomic E-state index is 11.2. The Morgan fingerprint density at radius 3 is 1.44 bits per heavy atom. The van der Waals surface area contributed by atoms with Gasteiger partial charge < -0.3 is 20.6 Å². The molecule has 1 aliphatic carbocycles. The molecule has 8 heteroatoms. The number of nitrogens with one attached hydrogen (secondary N) is 1. The molecule has 1 fully saturated rings. The Bertz CT molecular complexity index is 1710. The molecule has 1 saturated carbocycles. The molecule has 0 aromatic heterocycles. The summed E-state index contributed by atoms with van der Waals surface area (Å²) in [6, 6.07) is 17.9. The zero-order valence-corrected chi connectivity index (χ0v) is 38.4. The number of rotatable bonds is 10. The molecule has 3 aromatic rings. The largest absolute Gasteiger partial charge is 0.507 e. The van der Waals surface area contributed by atoms with E-state index in [-0.39, 0.29) is 50.5 Å². The summed E-state index contributed by atoms with van der Waals surface area (Å²) >= 11 is 0. The van der Waals surface area contributed by atoms with E-state index in [2.05, 4.69) is 113 Å². The monoisotopic (exact) mass is 826 g/mol. The summed E-state index contributed by atoms with van der Waals surface area (Å²) in [4.78, 5) is 21.1. The summed E-state index contributed by atoms with van der Waals surface area (Å²) in [7, 11) is 0. The van der Waals surface area contributed by atoms with E-state index >= 15 is 0 Å². The van der Waals surface area contributed by atoms with Crippen LogP contribution in [-0.2, 0) is 49.8 Å². The van der Waals surface area contributed by atoms with Crippen molar-refractivity contribution in [1.82, 2.24) is 5.32 Å². The molecular weight excluding hydrogens is 753 g/mol. The zero-order chi connectivity index (χ0) is 42.2. The van der Waals surface area contributed by atoms with Crippen LogP contribution in [-0.4, -0.2) is 51.8 Å². The molecule has 4 rings (SSSR count). The molecule has 3 aromatic carbocycles. The molecule has 3 atom stereocenters. The van der Waals surface area contributed by atoms with Crippen LogP contribution in [0, 0.1) is 5.92 Å². The number of aromatic hydroxyl groups is 2. The van der Waals surface area contributed by atoms with E-state index in [0.717, 1.165) is 53.5 Å². The summed E-state index contributed by atoms with van der Waals surface area (Å²) in [6.45, 7) is 30.7. The summed E-state index contributed by atoms with van der Waals surface area (Å²) in [6.07, 6.45) is 8.56. The van der Waals surface area contributed by atoms with Gasteiger partial charge in [0, 0.05) is 58.0 Å². The average Bonchev–Trinajstić information content (AvgIpc) is 3.08. The number of phenols is 2. The minimum Gasteiger partial charge on any atom is -0.507 e. The number of hydrogen-bond donors (Lipinski definition) is 4. The van der Waals surface area contributed by atoms with Gasteiger partial charge in [0.05, 0.1) is 12.1 Å². The quantitative estimate of drug-likeness (QED) is 0.152. The number of phenolic OH excluding ortho intramolecular Hbond substituents is 2. The average molecular weight is 827 g/mol. The van der Waals surface area contributed by atoms with Crippen molar-refractivity contribution in [3.05, 3.63) is 93.5 Å². The van der Waals surface area contributed by atoms with Gasteiger partial charge in [0.2, 0.25) is 0 Å². The van der Waals surface area contributed by atoms with E-state index < -0.39 is 12.0 Å². The molecule has 0 unspecified atom stereocenters. The number of aliphatic carboxylic acids is 1. The van der Waals surface area contributed by atoms with Crippen molar-refractivity contribution in [3.8, 4) is 11.5 Å². The number of aliphatic imine (C=N–C) groups is 2. The van der Waals surface area contributed by atoms with E-state index in [0.29, 0.717) is 30.4 Å². The summed E-state index contributed by atoms with van der Waals surface area (Å²) in [5.41, 5.74) is 6.50. The maximum absolute atomic E-state index is 11.2. The van der Waals surface area contributed by atoms with Gasteiger partial charge in [-0.1, -0.05) is 152 Å². The maximum Gasteiger partial charge on any atom is 0.320 e. The van der Waals surface area contributed by atoms with E-state index in [1.807, 2.05) is 56.6 Å². The minimum absolute atomic E-state index is 0. The standard InChI is InChI=1S/C36H54N2O2.C13H19NO2.Co/c1-33(2,3)25-17-23(31(39)27(19-25)35(7,8)9)21-37-29-15-13-14-16-30(29)38-22-24-18-26(34(4,5)6)20-28(32(24)40)36(10,11)12;1-10(2)8-12(13(15)16)14-9-11-6-4-3-5-7-11;/h17-22,29-30,39-40H,13-16H2,1-12H3;3-7,10,12,14H,8-9H2,1-2H3,(H,15,16);/t29-,30-;12-;/m11./s1. The third-order valence-corrected chi connectivity index (χ3v) is 10.5. The van der Waals surface area contributed by atoms with Crippen LogP contribution in [0.2, 0.25) is 0 Å². The van der Waals surface area contributed by atoms with Gasteiger partial charge in [-0.2, -0.15) is 0 Å². The van der Waals surface area contributed by atoms with Crippen LogP contribution in [0.5, 0.6) is 11.5 Å². The van der Waals surface area contributed by atoms with Crippen molar-refractivity contribution in [3.63, 3.8) is 0 Å². The fraction of sp³-hybridized carbons (Fsp3) is 0.571. The first kappa shape index (κ1) is 49.7. The molecule has 0 heterocycles. The Morgan fingerprint density at radius 1 is 0.702 bits per heavy atom. The van der Waals surface area contributed by atoms with Crippen LogP contribution in [0.1, 0.15) is 168 Å². The summed E-state index contributed by atoms with van der Waals surface area (Å²) in [5.74, 6) is 0.242. The third kappa shape index (κ3) is 15.0. The number of carboxylic acids is 1. The van der Waals surface area contributed by atoms with Gasteiger partial charge >= 0.3 is 5.97 Å². The molecule has 7 nitrogen and oxygen atoms in total. The molecule has 57 heavy (non-hydrogen) atoms. The van der Waals surface area contributed by atoms with Crippen LogP contribution in [0.15, 0.2) is 64.6 Å². The van der Waals surface area contributed by atoms with Crippen LogP contribution in [0.3, 0.4) is 0 Å². The molecule has 1 aliphatic rings. The van der Waals surface area contributed by atoms with E-state index in [1.54, 1.807) is 0 Å². The molecule has 317 valence electrons. The molecule has 0 bridgehead atoms. The predicted octanol–water partition coefficient (Wildman–Crippen LogP) is 11.4. The van der Waals surface area contributed by atoms with Crippen molar-refractivity contribution in [2.24, 2.45) is 15.9 Å². The Balaban J connectivity index is 0.000000553. The van der Waals surface area contributed by atoms with Crippen LogP contribution in [0.25, 0.3) is 0 Å². The molecule has 0 aliphatic heterocycles. The Morgan fingerprint density at radius 2 is 1.11 bits per heavy atom. The normalized spacial score (nSPS) is 17.3. The van der Waals surface area contributed by atoms with Crippen molar-refractivity contribution in [2.75, 3.05) is 0 Å². The topological polar surface area (TPSA) is 115 Å². The van der Waals surface area contributed by atoms with Gasteiger partial charge in [-0.15, -0.1) is 0 Å². The fourth-order valence-electron chi connectivity index (χ4n) is 6.89. The first-order valence-electron chi connectivity index (χ1n) is 20.6. The minimum atomic E-state index is -0.773. The molecular formula is C49H73CoN3O4. The smallest absolute Gasteiger partial charge is 0.320 e. The van der Waals surface area contributed by atoms with Crippen LogP contribution >= 0.6 is 0 Å². The molecule has 1 radical (unpaired) electrons. The molecule has 0 saturated heterocycles. The van der Waals surface area contributed by atoms with Crippen molar-refractivity contribution < 1.29 is 36.9 Å². The van der Waals surface area contributed by atoms with Crippen molar-refractivity contribution in [2.45, 2.75) is 175 Å². The second-order valence-electron chi connectivity index (χ2n) is 20.3. The first-order chi connectivity index (χ1) is 25.8. The number of nitrogens with zero attached hydrogens (tertiary/aromatic N) is 2. The summed E-state index contributed by atoms with van der Waals surface area (Å²) < 4.78 is 0. The second kappa shape index (κ2) is 20.5. The van der Waals surface area contributed by atoms with E-state index in [1.165, 1.54) is 11.1 Å². The number of carbonyl (C=O) groups is 1. The Kier molecular flexibility index (Phi) is 17.9. The molecule has 0 spiro atoms. The van der Waals surface area contributed by atoms with Gasteiger partial charge in [-0.3, -0.25) is 14.8 Å². The van der Waals surface area contributed by atoms with Gasteiger partial charge in [-0.05, 0) is 75.7 Å². The van der Waals surface area contributed by atoms with E-state index in [4.69, 9.17) is 15.1 Å². The van der Waals surface area contributed by atoms with Crippen molar-refractivity contribution >= 4 is 18.4 Å². The SMILES string of the molecule is CC(C)(C)c1cc(C=N[C@@H]2CCCC[C@H]2N=Cc2cc(C(C)(C)C)cc(C(C)(C)C)c2O)c(O)c(C(C)(C)C)c1.CC(C)C[C@@H](NCc1ccccc1)C(=O)O.[Co]. The van der Waals surface area contributed by atoms with Gasteiger partial charge in [0.15, 0.2) is 0 Å². The van der Waals surface area contributed by atoms with Gasteiger partial charge in [0.1, 0.15) is 17.5 Å². The van der Waals surface area contributed by atoms with E-state index in [9.17, 15) is 15.0 Å².